The molecule has 1 amide bonds. The van der Waals surface area contributed by atoms with Crippen molar-refractivity contribution >= 4 is 17.8 Å². The number of Topliss-reactive ketones (excluding diaryl/α,β-unsaturated/α-hetero) is 1. The molecule has 7 heteroatoms. The molecule has 0 heterocycles. The fourth-order valence-electron chi connectivity index (χ4n) is 3.45. The van der Waals surface area contributed by atoms with Crippen molar-refractivity contribution in [2.45, 2.75) is 31.5 Å². The molecule has 0 aromatic heterocycles. The summed E-state index contributed by atoms with van der Waals surface area (Å²) in [5.74, 6) is -1.38. The number of hydrogen-bond acceptors (Lipinski definition) is 5. The van der Waals surface area contributed by atoms with Gasteiger partial charge in [-0.15, -0.1) is 0 Å². The number of carboxylic acids is 1. The first kappa shape index (κ1) is 24.7. The maximum absolute atomic E-state index is 13.0. The number of ketones is 1. The second kappa shape index (κ2) is 12.9. The fraction of sp³-hybridized carbons (Fsp3) is 0.222. The van der Waals surface area contributed by atoms with Crippen molar-refractivity contribution in [3.8, 4) is 0 Å². The van der Waals surface area contributed by atoms with Crippen molar-refractivity contribution in [3.63, 3.8) is 0 Å². The molecule has 34 heavy (non-hydrogen) atoms. The monoisotopic (exact) mass is 460 g/mol. The van der Waals surface area contributed by atoms with Crippen molar-refractivity contribution in [1.29, 1.82) is 0 Å². The first-order valence-electron chi connectivity index (χ1n) is 11.0. The third-order valence-corrected chi connectivity index (χ3v) is 5.28. The minimum Gasteiger partial charge on any atom is -0.480 e. The molecule has 3 rings (SSSR count). The zero-order chi connectivity index (χ0) is 24.2. The molecule has 0 spiro atoms. The predicted octanol–water partition coefficient (Wildman–Crippen LogP) is 3.38. The van der Waals surface area contributed by atoms with Crippen LogP contribution in [-0.2, 0) is 33.8 Å². The van der Waals surface area contributed by atoms with E-state index >= 15 is 0 Å². The maximum Gasteiger partial charge on any atom is 0.408 e. The smallest absolute Gasteiger partial charge is 0.408 e. The van der Waals surface area contributed by atoms with E-state index in [0.717, 1.165) is 16.7 Å². The van der Waals surface area contributed by atoms with E-state index in [1.807, 2.05) is 91.0 Å². The summed E-state index contributed by atoms with van der Waals surface area (Å²) in [5.41, 5.74) is 2.54. The van der Waals surface area contributed by atoms with Crippen LogP contribution in [0.1, 0.15) is 16.7 Å². The Balaban J connectivity index is 1.62. The number of amides is 1. The van der Waals surface area contributed by atoms with Gasteiger partial charge in [0.2, 0.25) is 0 Å². The van der Waals surface area contributed by atoms with Crippen molar-refractivity contribution in [1.82, 2.24) is 10.6 Å². The van der Waals surface area contributed by atoms with Gasteiger partial charge in [-0.2, -0.15) is 0 Å². The Morgan fingerprint density at radius 2 is 1.18 bits per heavy atom. The summed E-state index contributed by atoms with van der Waals surface area (Å²) < 4.78 is 5.27. The molecule has 0 fully saturated rings. The highest BCUT2D eigenvalue weighted by atomic mass is 16.5. The number of carboxylic acid groups (broad SMARTS) is 1. The van der Waals surface area contributed by atoms with Crippen molar-refractivity contribution in [3.05, 3.63) is 108 Å². The van der Waals surface area contributed by atoms with E-state index in [9.17, 15) is 19.5 Å². The highest BCUT2D eigenvalue weighted by Crippen LogP contribution is 2.07. The summed E-state index contributed by atoms with van der Waals surface area (Å²) in [6.45, 7) is -0.129. The number of nitrogens with one attached hydrogen (secondary N) is 2. The number of hydrogen-bond donors (Lipinski definition) is 3. The Morgan fingerprint density at radius 1 is 0.706 bits per heavy atom. The van der Waals surface area contributed by atoms with Crippen molar-refractivity contribution < 1.29 is 24.2 Å². The van der Waals surface area contributed by atoms with E-state index in [1.165, 1.54) is 0 Å². The number of alkyl carbamates (subject to hydrolysis) is 1. The first-order chi connectivity index (χ1) is 16.5. The summed E-state index contributed by atoms with van der Waals surface area (Å²) in [4.78, 5) is 37.1. The highest BCUT2D eigenvalue weighted by Gasteiger charge is 2.25. The Bertz CT molecular complexity index is 1060. The molecule has 0 radical (unpaired) electrons. The SMILES string of the molecule is O=C(N[C@@H](Cc1ccccc1)C(=O)CN[C@@H](Cc1ccccc1)C(=O)O)OCc1ccccc1. The molecule has 176 valence electrons. The molecule has 2 atom stereocenters. The minimum absolute atomic E-state index is 0.0787. The molecule has 0 saturated carbocycles. The van der Waals surface area contributed by atoms with Crippen molar-refractivity contribution in [2.24, 2.45) is 0 Å². The van der Waals surface area contributed by atoms with E-state index in [2.05, 4.69) is 10.6 Å². The number of rotatable bonds is 12. The maximum atomic E-state index is 13.0. The molecular formula is C27H28N2O5. The topological polar surface area (TPSA) is 105 Å². The van der Waals surface area contributed by atoms with Gasteiger partial charge in [0.15, 0.2) is 5.78 Å². The first-order valence-corrected chi connectivity index (χ1v) is 11.0. The van der Waals surface area contributed by atoms with Gasteiger partial charge < -0.3 is 15.2 Å². The van der Waals surface area contributed by atoms with E-state index in [1.54, 1.807) is 0 Å². The summed E-state index contributed by atoms with van der Waals surface area (Å²) in [7, 11) is 0. The molecule has 3 N–H and O–H groups in total. The minimum atomic E-state index is -1.05. The molecule has 3 aromatic rings. The van der Waals surface area contributed by atoms with Crippen LogP contribution in [0.5, 0.6) is 0 Å². The summed E-state index contributed by atoms with van der Waals surface area (Å²) >= 11 is 0. The lowest BCUT2D eigenvalue weighted by Gasteiger charge is -2.20. The van der Waals surface area contributed by atoms with Gasteiger partial charge in [-0.05, 0) is 29.5 Å². The normalized spacial score (nSPS) is 12.4. The van der Waals surface area contributed by atoms with Crippen LogP contribution < -0.4 is 10.6 Å². The van der Waals surface area contributed by atoms with E-state index in [0.29, 0.717) is 0 Å². The largest absolute Gasteiger partial charge is 0.480 e. The van der Waals surface area contributed by atoms with Gasteiger partial charge in [0.25, 0.3) is 0 Å². The molecule has 0 unspecified atom stereocenters. The molecule has 3 aromatic carbocycles. The van der Waals surface area contributed by atoms with Crippen LogP contribution >= 0.6 is 0 Å². The molecule has 0 aliphatic carbocycles. The number of carbonyl (C=O) groups excluding carboxylic acids is 2. The third-order valence-electron chi connectivity index (χ3n) is 5.28. The van der Waals surface area contributed by atoms with Crippen LogP contribution in [0.15, 0.2) is 91.0 Å². The second-order valence-corrected chi connectivity index (χ2v) is 7.88. The average molecular weight is 461 g/mol. The van der Waals surface area contributed by atoms with Gasteiger partial charge in [0.05, 0.1) is 12.6 Å². The Hall–Kier alpha value is -3.97. The van der Waals surface area contributed by atoms with Gasteiger partial charge in [-0.3, -0.25) is 14.9 Å². The van der Waals surface area contributed by atoms with Crippen LogP contribution in [0.2, 0.25) is 0 Å². The average Bonchev–Trinajstić information content (AvgIpc) is 2.86. The predicted molar refractivity (Wildman–Crippen MR) is 128 cm³/mol. The van der Waals surface area contributed by atoms with Gasteiger partial charge in [0.1, 0.15) is 12.6 Å². The second-order valence-electron chi connectivity index (χ2n) is 7.88. The quantitative estimate of drug-likeness (QED) is 0.383. The third kappa shape index (κ3) is 8.18. The van der Waals surface area contributed by atoms with Gasteiger partial charge in [-0.25, -0.2) is 4.79 Å². The molecular weight excluding hydrogens is 432 g/mol. The number of benzene rings is 3. The molecule has 7 nitrogen and oxygen atoms in total. The lowest BCUT2D eigenvalue weighted by Crippen LogP contribution is -2.49. The number of ether oxygens (including phenoxy) is 1. The zero-order valence-corrected chi connectivity index (χ0v) is 18.7. The summed E-state index contributed by atoms with van der Waals surface area (Å²) in [6, 6.07) is 25.9. The Kier molecular flexibility index (Phi) is 9.37. The Morgan fingerprint density at radius 3 is 1.68 bits per heavy atom. The fourth-order valence-corrected chi connectivity index (χ4v) is 3.45. The molecule has 0 aliphatic rings. The van der Waals surface area contributed by atoms with Crippen molar-refractivity contribution in [2.75, 3.05) is 6.54 Å². The number of aliphatic carboxylic acids is 1. The van der Waals surface area contributed by atoms with Crippen LogP contribution in [0, 0.1) is 0 Å². The Labute approximate surface area is 198 Å². The van der Waals surface area contributed by atoms with Crippen LogP contribution in [0.3, 0.4) is 0 Å². The van der Waals surface area contributed by atoms with Crippen LogP contribution in [0.4, 0.5) is 4.79 Å². The zero-order valence-electron chi connectivity index (χ0n) is 18.7. The number of carbonyl (C=O) groups is 3. The van der Waals surface area contributed by atoms with Gasteiger partial charge >= 0.3 is 12.1 Å². The van der Waals surface area contributed by atoms with Crippen LogP contribution in [-0.4, -0.2) is 41.6 Å². The molecule has 0 aliphatic heterocycles. The standard InChI is InChI=1S/C27H28N2O5/c30-25(18-28-24(26(31)32)17-21-12-6-2-7-13-21)23(16-20-10-4-1-5-11-20)29-27(33)34-19-22-14-8-3-9-15-22/h1-15,23-24,28H,16-19H2,(H,29,33)(H,31,32)/t23-,24-/m0/s1. The molecule has 0 bridgehead atoms. The van der Waals surface area contributed by atoms with Gasteiger partial charge in [-0.1, -0.05) is 91.0 Å². The highest BCUT2D eigenvalue weighted by molar-refractivity contribution is 5.89. The van der Waals surface area contributed by atoms with E-state index in [-0.39, 0.29) is 31.8 Å². The van der Waals surface area contributed by atoms with Crippen LogP contribution in [0.25, 0.3) is 0 Å². The van der Waals surface area contributed by atoms with Gasteiger partial charge in [0, 0.05) is 0 Å². The van der Waals surface area contributed by atoms with E-state index < -0.39 is 24.1 Å². The lowest BCUT2D eigenvalue weighted by atomic mass is 10.0. The molecule has 0 saturated heterocycles. The lowest BCUT2D eigenvalue weighted by molar-refractivity contribution is -0.139. The summed E-state index contributed by atoms with van der Waals surface area (Å²) in [6.07, 6.45) is -0.213. The summed E-state index contributed by atoms with van der Waals surface area (Å²) in [5, 5.41) is 15.0. The van der Waals surface area contributed by atoms with E-state index in [4.69, 9.17) is 4.74 Å².